The zero-order chi connectivity index (χ0) is 12.9. The second-order valence-electron chi connectivity index (χ2n) is 5.79. The Balaban J connectivity index is 1.66. The van der Waals surface area contributed by atoms with E-state index in [1.807, 2.05) is 0 Å². The van der Waals surface area contributed by atoms with E-state index in [0.29, 0.717) is 0 Å². The molecule has 0 saturated heterocycles. The first-order valence-electron chi connectivity index (χ1n) is 7.83. The number of hydrogen-bond acceptors (Lipinski definition) is 1. The van der Waals surface area contributed by atoms with Crippen LogP contribution in [0.25, 0.3) is 0 Å². The zero-order valence-corrected chi connectivity index (χ0v) is 11.9. The number of rotatable bonds is 3. The quantitative estimate of drug-likeness (QED) is 0.755. The van der Waals surface area contributed by atoms with Gasteiger partial charge in [0.2, 0.25) is 5.84 Å². The van der Waals surface area contributed by atoms with Crippen LogP contribution in [0, 0.1) is 0 Å². The Morgan fingerprint density at radius 2 is 1.79 bits per heavy atom. The van der Waals surface area contributed by atoms with Gasteiger partial charge in [-0.15, -0.1) is 0 Å². The lowest BCUT2D eigenvalue weighted by atomic mass is 10.1. The zero-order valence-electron chi connectivity index (χ0n) is 11.9. The second kappa shape index (κ2) is 6.23. The first-order valence-corrected chi connectivity index (χ1v) is 7.83. The SMILES string of the molecule is c1ccc(CCN2CCC[N+]3=C2CCCCC3)cc1. The van der Waals surface area contributed by atoms with E-state index in [0.717, 1.165) is 0 Å². The van der Waals surface area contributed by atoms with Crippen LogP contribution in [0.2, 0.25) is 0 Å². The van der Waals surface area contributed by atoms with E-state index in [2.05, 4.69) is 39.8 Å². The van der Waals surface area contributed by atoms with Gasteiger partial charge in [-0.1, -0.05) is 30.3 Å². The van der Waals surface area contributed by atoms with Crippen LogP contribution >= 0.6 is 0 Å². The molecule has 102 valence electrons. The summed E-state index contributed by atoms with van der Waals surface area (Å²) >= 11 is 0. The van der Waals surface area contributed by atoms with Crippen LogP contribution in [0.4, 0.5) is 0 Å². The summed E-state index contributed by atoms with van der Waals surface area (Å²) in [6.45, 7) is 5.03. The van der Waals surface area contributed by atoms with Crippen LogP contribution in [0.15, 0.2) is 30.3 Å². The van der Waals surface area contributed by atoms with Crippen LogP contribution in [0.1, 0.15) is 37.7 Å². The molecule has 1 aromatic carbocycles. The maximum absolute atomic E-state index is 2.65. The van der Waals surface area contributed by atoms with Crippen LogP contribution in [0.3, 0.4) is 0 Å². The molecule has 0 N–H and O–H groups in total. The first kappa shape index (κ1) is 12.7. The highest BCUT2D eigenvalue weighted by Crippen LogP contribution is 2.15. The van der Waals surface area contributed by atoms with E-state index in [-0.39, 0.29) is 0 Å². The summed E-state index contributed by atoms with van der Waals surface area (Å²) in [7, 11) is 0. The third-order valence-corrected chi connectivity index (χ3v) is 4.43. The standard InChI is InChI=1S/C17H25N2/c1-3-8-16(9-4-1)11-15-19-14-7-13-18-12-6-2-5-10-17(18)19/h1,3-4,8-9H,2,5-7,10-15H2/q+1. The smallest absolute Gasteiger partial charge is 0.246 e. The third-order valence-electron chi connectivity index (χ3n) is 4.43. The van der Waals surface area contributed by atoms with E-state index in [1.165, 1.54) is 70.3 Å². The van der Waals surface area contributed by atoms with Crippen molar-refractivity contribution in [3.63, 3.8) is 0 Å². The maximum Gasteiger partial charge on any atom is 0.246 e. The number of benzene rings is 1. The largest absolute Gasteiger partial charge is 0.266 e. The Morgan fingerprint density at radius 1 is 0.947 bits per heavy atom. The van der Waals surface area contributed by atoms with Gasteiger partial charge >= 0.3 is 0 Å². The van der Waals surface area contributed by atoms with Crippen molar-refractivity contribution >= 4 is 5.84 Å². The van der Waals surface area contributed by atoms with Gasteiger partial charge in [0.25, 0.3) is 0 Å². The molecule has 0 aromatic heterocycles. The molecule has 0 aliphatic carbocycles. The molecule has 2 aliphatic rings. The predicted octanol–water partition coefficient (Wildman–Crippen LogP) is 2.92. The molecule has 0 amide bonds. The lowest BCUT2D eigenvalue weighted by Crippen LogP contribution is -2.44. The van der Waals surface area contributed by atoms with Gasteiger partial charge in [-0.25, -0.2) is 0 Å². The van der Waals surface area contributed by atoms with Gasteiger partial charge in [0.1, 0.15) is 0 Å². The van der Waals surface area contributed by atoms with Gasteiger partial charge in [-0.3, -0.25) is 9.48 Å². The molecule has 0 unspecified atom stereocenters. The normalized spacial score (nSPS) is 20.1. The molecule has 0 fully saturated rings. The van der Waals surface area contributed by atoms with Gasteiger partial charge in [0.15, 0.2) is 0 Å². The van der Waals surface area contributed by atoms with Crippen molar-refractivity contribution in [2.24, 2.45) is 0 Å². The van der Waals surface area contributed by atoms with E-state index < -0.39 is 0 Å². The van der Waals surface area contributed by atoms with Crippen molar-refractivity contribution in [2.75, 3.05) is 26.2 Å². The summed E-state index contributed by atoms with van der Waals surface area (Å²) in [5, 5.41) is 0. The van der Waals surface area contributed by atoms with Crippen molar-refractivity contribution in [1.29, 1.82) is 0 Å². The van der Waals surface area contributed by atoms with Crippen molar-refractivity contribution < 1.29 is 4.58 Å². The Bertz CT molecular complexity index is 436. The minimum Gasteiger partial charge on any atom is -0.266 e. The molecule has 0 atom stereocenters. The van der Waals surface area contributed by atoms with Gasteiger partial charge < -0.3 is 0 Å². The summed E-state index contributed by atoms with van der Waals surface area (Å²) in [5.41, 5.74) is 1.47. The molecule has 0 spiro atoms. The molecule has 1 aromatic rings. The fraction of sp³-hybridized carbons (Fsp3) is 0.588. The van der Waals surface area contributed by atoms with Crippen molar-refractivity contribution in [3.05, 3.63) is 35.9 Å². The van der Waals surface area contributed by atoms with E-state index in [1.54, 1.807) is 5.84 Å². The molecule has 2 heteroatoms. The van der Waals surface area contributed by atoms with E-state index in [9.17, 15) is 0 Å². The van der Waals surface area contributed by atoms with Gasteiger partial charge in [0.05, 0.1) is 26.2 Å². The molecule has 0 bridgehead atoms. The Labute approximate surface area is 116 Å². The van der Waals surface area contributed by atoms with Crippen LogP contribution in [-0.2, 0) is 6.42 Å². The van der Waals surface area contributed by atoms with E-state index >= 15 is 0 Å². The predicted molar refractivity (Wildman–Crippen MR) is 79.8 cm³/mol. The van der Waals surface area contributed by atoms with E-state index in [4.69, 9.17) is 0 Å². The van der Waals surface area contributed by atoms with Crippen molar-refractivity contribution in [1.82, 2.24) is 4.90 Å². The summed E-state index contributed by atoms with van der Waals surface area (Å²) in [6, 6.07) is 10.9. The minimum atomic E-state index is 1.18. The van der Waals surface area contributed by atoms with Crippen LogP contribution < -0.4 is 0 Å². The summed E-state index contributed by atoms with van der Waals surface area (Å²) < 4.78 is 2.65. The van der Waals surface area contributed by atoms with Crippen molar-refractivity contribution in [2.45, 2.75) is 38.5 Å². The highest BCUT2D eigenvalue weighted by atomic mass is 15.3. The number of nitrogens with zero attached hydrogens (tertiary/aromatic N) is 2. The highest BCUT2D eigenvalue weighted by Gasteiger charge is 2.27. The lowest BCUT2D eigenvalue weighted by Gasteiger charge is -2.26. The first-order chi connectivity index (χ1) is 9.43. The lowest BCUT2D eigenvalue weighted by molar-refractivity contribution is -0.539. The molecule has 0 saturated carbocycles. The summed E-state index contributed by atoms with van der Waals surface area (Å²) in [4.78, 5) is 2.65. The Hall–Kier alpha value is -1.31. The van der Waals surface area contributed by atoms with Crippen molar-refractivity contribution in [3.8, 4) is 0 Å². The molecule has 2 heterocycles. The average molecular weight is 257 g/mol. The fourth-order valence-electron chi connectivity index (χ4n) is 3.38. The monoisotopic (exact) mass is 257 g/mol. The maximum atomic E-state index is 2.65. The van der Waals surface area contributed by atoms with Gasteiger partial charge in [-0.05, 0) is 24.8 Å². The van der Waals surface area contributed by atoms with Gasteiger partial charge in [-0.2, -0.15) is 0 Å². The third kappa shape index (κ3) is 3.17. The molecule has 19 heavy (non-hydrogen) atoms. The molecule has 0 radical (unpaired) electrons. The Kier molecular flexibility index (Phi) is 4.16. The molecule has 2 aliphatic heterocycles. The second-order valence-corrected chi connectivity index (χ2v) is 5.79. The fourth-order valence-corrected chi connectivity index (χ4v) is 3.38. The number of amidine groups is 1. The minimum absolute atomic E-state index is 1.18. The summed E-state index contributed by atoms with van der Waals surface area (Å²) in [6.07, 6.45) is 7.99. The average Bonchev–Trinajstić information content (AvgIpc) is 2.72. The van der Waals surface area contributed by atoms with Crippen LogP contribution in [0.5, 0.6) is 0 Å². The molecular weight excluding hydrogens is 232 g/mol. The van der Waals surface area contributed by atoms with Gasteiger partial charge in [0, 0.05) is 19.3 Å². The number of hydrogen-bond donors (Lipinski definition) is 0. The van der Waals surface area contributed by atoms with Crippen LogP contribution in [-0.4, -0.2) is 41.5 Å². The molecule has 2 nitrogen and oxygen atoms in total. The molecule has 3 rings (SSSR count). The Morgan fingerprint density at radius 3 is 2.68 bits per heavy atom. The topological polar surface area (TPSA) is 6.25 Å². The highest BCUT2D eigenvalue weighted by molar-refractivity contribution is 5.78. The summed E-state index contributed by atoms with van der Waals surface area (Å²) in [5.74, 6) is 1.64. The molecular formula is C17H25N2+.